The van der Waals surface area contributed by atoms with Crippen LogP contribution in [0.5, 0.6) is 0 Å². The van der Waals surface area contributed by atoms with Gasteiger partial charge in [-0.1, -0.05) is 19.4 Å². The lowest BCUT2D eigenvalue weighted by atomic mass is 10.1. The van der Waals surface area contributed by atoms with Gasteiger partial charge < -0.3 is 15.4 Å². The molecule has 92 valence electrons. The van der Waals surface area contributed by atoms with Crippen LogP contribution in [0.25, 0.3) is 0 Å². The molecule has 17 heavy (non-hydrogen) atoms. The highest BCUT2D eigenvalue weighted by Gasteiger charge is 2.19. The lowest BCUT2D eigenvalue weighted by Gasteiger charge is -2.13. The minimum Gasteiger partial charge on any atom is -0.480 e. The molecule has 3 N–H and O–H groups in total. The molecule has 1 rings (SSSR count). The summed E-state index contributed by atoms with van der Waals surface area (Å²) in [6, 6.07) is 3.19. The molecular weight excluding hydrogens is 224 g/mol. The molecule has 1 atom stereocenters. The van der Waals surface area contributed by atoms with E-state index in [2.05, 4.69) is 10.3 Å². The van der Waals surface area contributed by atoms with Gasteiger partial charge in [0.05, 0.1) is 0 Å². The molecule has 0 aliphatic carbocycles. The van der Waals surface area contributed by atoms with Crippen molar-refractivity contribution in [2.45, 2.75) is 25.8 Å². The fourth-order valence-electron chi connectivity index (χ4n) is 1.36. The number of aliphatic carboxylic acids is 1. The molecule has 1 aromatic rings. The van der Waals surface area contributed by atoms with E-state index < -0.39 is 23.5 Å². The summed E-state index contributed by atoms with van der Waals surface area (Å²) in [5, 5.41) is 11.2. The average Bonchev–Trinajstić information content (AvgIpc) is 2.28. The van der Waals surface area contributed by atoms with Crippen molar-refractivity contribution in [3.63, 3.8) is 0 Å². The Morgan fingerprint density at radius 2 is 2.18 bits per heavy atom. The molecule has 0 aromatic carbocycles. The second-order valence-electron chi connectivity index (χ2n) is 3.58. The Kier molecular flexibility index (Phi) is 4.45. The lowest BCUT2D eigenvalue weighted by Crippen LogP contribution is -2.41. The van der Waals surface area contributed by atoms with Crippen molar-refractivity contribution in [1.29, 1.82) is 0 Å². The zero-order chi connectivity index (χ0) is 12.8. The van der Waals surface area contributed by atoms with Crippen molar-refractivity contribution in [1.82, 2.24) is 10.3 Å². The number of carbonyl (C=O) groups is 2. The zero-order valence-electron chi connectivity index (χ0n) is 9.40. The maximum atomic E-state index is 11.6. The van der Waals surface area contributed by atoms with Gasteiger partial charge in [-0.15, -0.1) is 0 Å². The molecule has 0 unspecified atom stereocenters. The largest absolute Gasteiger partial charge is 0.480 e. The molecule has 0 saturated carbocycles. The van der Waals surface area contributed by atoms with Crippen LogP contribution >= 0.6 is 0 Å². The van der Waals surface area contributed by atoms with Crippen molar-refractivity contribution in [2.24, 2.45) is 0 Å². The van der Waals surface area contributed by atoms with Crippen LogP contribution in [0.1, 0.15) is 30.3 Å². The molecule has 6 heteroatoms. The van der Waals surface area contributed by atoms with Crippen LogP contribution < -0.4 is 10.9 Å². The predicted molar refractivity (Wildman–Crippen MR) is 60.9 cm³/mol. The van der Waals surface area contributed by atoms with Crippen LogP contribution in [0.3, 0.4) is 0 Å². The lowest BCUT2D eigenvalue weighted by molar-refractivity contribution is -0.139. The monoisotopic (exact) mass is 238 g/mol. The minimum atomic E-state index is -1.08. The molecule has 0 aliphatic rings. The number of hydrogen-bond donors (Lipinski definition) is 3. The third-order valence-electron chi connectivity index (χ3n) is 2.19. The standard InChI is InChI=1S/C11H14N2O4/c1-2-4-8(11(16)17)13-10(15)7-5-3-6-9(14)12-7/h3,5-6,8H,2,4H2,1H3,(H,12,14)(H,13,15)(H,16,17)/t8-/m0/s1. The van der Waals surface area contributed by atoms with Gasteiger partial charge >= 0.3 is 5.97 Å². The topological polar surface area (TPSA) is 99.3 Å². The number of pyridine rings is 1. The van der Waals surface area contributed by atoms with E-state index in [1.165, 1.54) is 18.2 Å². The second kappa shape index (κ2) is 5.83. The molecule has 6 nitrogen and oxygen atoms in total. The van der Waals surface area contributed by atoms with Gasteiger partial charge in [-0.05, 0) is 12.5 Å². The summed E-state index contributed by atoms with van der Waals surface area (Å²) in [6.07, 6.45) is 0.987. The Morgan fingerprint density at radius 3 is 2.71 bits per heavy atom. The van der Waals surface area contributed by atoms with Crippen LogP contribution in [-0.4, -0.2) is 28.0 Å². The van der Waals surface area contributed by atoms with Gasteiger partial charge in [-0.2, -0.15) is 0 Å². The number of rotatable bonds is 5. The predicted octanol–water partition coefficient (Wildman–Crippen LogP) is 0.358. The summed E-state index contributed by atoms with van der Waals surface area (Å²) >= 11 is 0. The number of carboxylic acids is 1. The first-order chi connectivity index (χ1) is 8.04. The number of carbonyl (C=O) groups excluding carboxylic acids is 1. The van der Waals surface area contributed by atoms with Gasteiger partial charge in [0.1, 0.15) is 11.7 Å². The Balaban J connectivity index is 2.77. The van der Waals surface area contributed by atoms with E-state index in [1.807, 2.05) is 6.92 Å². The number of aromatic amines is 1. The van der Waals surface area contributed by atoms with Crippen LogP contribution in [-0.2, 0) is 4.79 Å². The summed E-state index contributed by atoms with van der Waals surface area (Å²) in [4.78, 5) is 35.8. The fraction of sp³-hybridized carbons (Fsp3) is 0.364. The second-order valence-corrected chi connectivity index (χ2v) is 3.58. The molecule has 0 spiro atoms. The SMILES string of the molecule is CCC[C@H](NC(=O)c1cccc(=O)[nH]1)C(=O)O. The highest BCUT2D eigenvalue weighted by molar-refractivity contribution is 5.94. The molecule has 1 heterocycles. The van der Waals surface area contributed by atoms with Gasteiger partial charge in [-0.3, -0.25) is 9.59 Å². The maximum absolute atomic E-state index is 11.6. The molecular formula is C11H14N2O4. The quantitative estimate of drug-likeness (QED) is 0.689. The van der Waals surface area contributed by atoms with Crippen molar-refractivity contribution in [3.8, 4) is 0 Å². The van der Waals surface area contributed by atoms with Crippen molar-refractivity contribution in [3.05, 3.63) is 34.2 Å². The minimum absolute atomic E-state index is 0.0554. The van der Waals surface area contributed by atoms with E-state index in [4.69, 9.17) is 5.11 Å². The first-order valence-corrected chi connectivity index (χ1v) is 5.27. The summed E-state index contributed by atoms with van der Waals surface area (Å²) in [7, 11) is 0. The number of nitrogens with one attached hydrogen (secondary N) is 2. The molecule has 0 radical (unpaired) electrons. The summed E-state index contributed by atoms with van der Waals surface area (Å²) in [5.74, 6) is -1.68. The number of amides is 1. The molecule has 0 fully saturated rings. The van der Waals surface area contributed by atoms with Gasteiger partial charge in [0, 0.05) is 6.07 Å². The molecule has 0 bridgehead atoms. The first kappa shape index (κ1) is 13.0. The van der Waals surface area contributed by atoms with Crippen molar-refractivity contribution < 1.29 is 14.7 Å². The Morgan fingerprint density at radius 1 is 1.47 bits per heavy atom. The van der Waals surface area contributed by atoms with Gasteiger partial charge in [0.25, 0.3) is 5.91 Å². The average molecular weight is 238 g/mol. The Bertz CT molecular complexity index is 467. The summed E-state index contributed by atoms with van der Waals surface area (Å²) < 4.78 is 0. The molecule has 1 aromatic heterocycles. The van der Waals surface area contributed by atoms with E-state index in [1.54, 1.807) is 0 Å². The van der Waals surface area contributed by atoms with E-state index in [0.717, 1.165) is 0 Å². The van der Waals surface area contributed by atoms with Crippen molar-refractivity contribution >= 4 is 11.9 Å². The highest BCUT2D eigenvalue weighted by Crippen LogP contribution is 1.99. The van der Waals surface area contributed by atoms with E-state index >= 15 is 0 Å². The molecule has 0 aliphatic heterocycles. The summed E-state index contributed by atoms with van der Waals surface area (Å²) in [6.45, 7) is 1.83. The first-order valence-electron chi connectivity index (χ1n) is 5.27. The normalized spacial score (nSPS) is 11.8. The Labute approximate surface area is 97.7 Å². The van der Waals surface area contributed by atoms with Gasteiger partial charge in [0.2, 0.25) is 5.56 Å². The van der Waals surface area contributed by atoms with E-state index in [9.17, 15) is 14.4 Å². The number of H-pyrrole nitrogens is 1. The molecule has 1 amide bonds. The Hall–Kier alpha value is -2.11. The molecule has 0 saturated heterocycles. The number of carboxylic acid groups (broad SMARTS) is 1. The van der Waals surface area contributed by atoms with E-state index in [0.29, 0.717) is 12.8 Å². The van der Waals surface area contributed by atoms with Crippen LogP contribution in [0.15, 0.2) is 23.0 Å². The van der Waals surface area contributed by atoms with Crippen LogP contribution in [0.4, 0.5) is 0 Å². The van der Waals surface area contributed by atoms with Gasteiger partial charge in [0.15, 0.2) is 0 Å². The smallest absolute Gasteiger partial charge is 0.326 e. The summed E-state index contributed by atoms with van der Waals surface area (Å²) in [5.41, 5.74) is -0.347. The van der Waals surface area contributed by atoms with E-state index in [-0.39, 0.29) is 5.69 Å². The maximum Gasteiger partial charge on any atom is 0.326 e. The third kappa shape index (κ3) is 3.75. The van der Waals surface area contributed by atoms with Gasteiger partial charge in [-0.25, -0.2) is 4.79 Å². The third-order valence-corrected chi connectivity index (χ3v) is 2.19. The fourth-order valence-corrected chi connectivity index (χ4v) is 1.36. The van der Waals surface area contributed by atoms with Crippen LogP contribution in [0.2, 0.25) is 0 Å². The van der Waals surface area contributed by atoms with Crippen LogP contribution in [0, 0.1) is 0 Å². The number of hydrogen-bond acceptors (Lipinski definition) is 3. The highest BCUT2D eigenvalue weighted by atomic mass is 16.4. The van der Waals surface area contributed by atoms with Crippen molar-refractivity contribution in [2.75, 3.05) is 0 Å². The number of aromatic nitrogens is 1. The zero-order valence-corrected chi connectivity index (χ0v) is 9.40.